The molecule has 0 radical (unpaired) electrons. The maximum Gasteiger partial charge on any atom is 0.253 e. The van der Waals surface area contributed by atoms with Gasteiger partial charge in [0.25, 0.3) is 5.91 Å². The molecule has 3 rings (SSSR count). The molecule has 2 atom stereocenters. The normalized spacial score (nSPS) is 19.0. The van der Waals surface area contributed by atoms with Crippen LogP contribution in [-0.2, 0) is 19.7 Å². The van der Waals surface area contributed by atoms with Gasteiger partial charge in [-0.15, -0.1) is 0 Å². The second kappa shape index (κ2) is 7.98. The Morgan fingerprint density at radius 1 is 1.37 bits per heavy atom. The molecule has 1 N–H and O–H groups in total. The van der Waals surface area contributed by atoms with E-state index in [9.17, 15) is 4.79 Å². The van der Waals surface area contributed by atoms with Crippen LogP contribution >= 0.6 is 0 Å². The molecule has 1 aliphatic heterocycles. The first-order valence-corrected chi connectivity index (χ1v) is 9.69. The Morgan fingerprint density at radius 2 is 2.15 bits per heavy atom. The first-order valence-electron chi connectivity index (χ1n) is 9.69. The third-order valence-electron chi connectivity index (χ3n) is 4.65. The summed E-state index contributed by atoms with van der Waals surface area (Å²) in [5.41, 5.74) is 1.97. The predicted molar refractivity (Wildman–Crippen MR) is 105 cm³/mol. The van der Waals surface area contributed by atoms with Gasteiger partial charge in [0.15, 0.2) is 5.58 Å². The van der Waals surface area contributed by atoms with Crippen molar-refractivity contribution in [1.29, 1.82) is 0 Å². The number of fused-ring (bicyclic) bond motifs is 1. The topological polar surface area (TPSA) is 73.6 Å². The molecule has 0 bridgehead atoms. The minimum Gasteiger partial charge on any atom is -0.440 e. The lowest BCUT2D eigenvalue weighted by molar-refractivity contribution is -0.132. The highest BCUT2D eigenvalue weighted by Gasteiger charge is 2.26. The van der Waals surface area contributed by atoms with Crippen molar-refractivity contribution < 1.29 is 18.7 Å². The van der Waals surface area contributed by atoms with Crippen LogP contribution in [0.4, 0.5) is 5.69 Å². The van der Waals surface area contributed by atoms with Gasteiger partial charge in [0.1, 0.15) is 11.6 Å². The molecule has 0 saturated carbocycles. The smallest absolute Gasteiger partial charge is 0.253 e. The quantitative estimate of drug-likeness (QED) is 0.817. The molecule has 1 aromatic carbocycles. The van der Waals surface area contributed by atoms with E-state index >= 15 is 0 Å². The summed E-state index contributed by atoms with van der Waals surface area (Å²) < 4.78 is 17.3. The number of aromatic nitrogens is 1. The number of rotatable bonds is 6. The van der Waals surface area contributed by atoms with E-state index in [-0.39, 0.29) is 23.3 Å². The van der Waals surface area contributed by atoms with Crippen LogP contribution in [0.5, 0.6) is 0 Å². The van der Waals surface area contributed by atoms with Crippen LogP contribution < -0.4 is 5.32 Å². The number of nitrogens with one attached hydrogen (secondary N) is 1. The number of hydrogen-bond donors (Lipinski definition) is 1. The monoisotopic (exact) mass is 374 g/mol. The Morgan fingerprint density at radius 3 is 2.78 bits per heavy atom. The highest BCUT2D eigenvalue weighted by atomic mass is 16.5. The van der Waals surface area contributed by atoms with Crippen LogP contribution in [0.25, 0.3) is 11.1 Å². The summed E-state index contributed by atoms with van der Waals surface area (Å²) in [6.07, 6.45) is 1.63. The molecule has 2 heterocycles. The van der Waals surface area contributed by atoms with Crippen LogP contribution in [-0.4, -0.2) is 36.3 Å². The van der Waals surface area contributed by atoms with Gasteiger partial charge in [-0.1, -0.05) is 34.6 Å². The van der Waals surface area contributed by atoms with E-state index in [0.29, 0.717) is 23.8 Å². The van der Waals surface area contributed by atoms with Gasteiger partial charge < -0.3 is 19.2 Å². The lowest BCUT2D eigenvalue weighted by Crippen LogP contribution is -2.36. The Balaban J connectivity index is 1.68. The van der Waals surface area contributed by atoms with E-state index in [1.807, 2.05) is 32.0 Å². The third kappa shape index (κ3) is 4.87. The molecule has 6 nitrogen and oxygen atoms in total. The number of oxazole rings is 1. The van der Waals surface area contributed by atoms with E-state index < -0.39 is 6.10 Å². The predicted octanol–water partition coefficient (Wildman–Crippen LogP) is 4.28. The maximum absolute atomic E-state index is 12.7. The first-order chi connectivity index (χ1) is 12.7. The molecule has 0 aliphatic carbocycles. The zero-order valence-electron chi connectivity index (χ0n) is 16.9. The Bertz CT molecular complexity index is 785. The number of carbonyl (C=O) groups excluding carboxylic acids is 1. The van der Waals surface area contributed by atoms with E-state index in [0.717, 1.165) is 25.0 Å². The summed E-state index contributed by atoms with van der Waals surface area (Å²) in [6.45, 7) is 11.4. The molecule has 1 aromatic heterocycles. The van der Waals surface area contributed by atoms with E-state index in [1.54, 1.807) is 0 Å². The third-order valence-corrected chi connectivity index (χ3v) is 4.65. The van der Waals surface area contributed by atoms with Gasteiger partial charge in [-0.2, -0.15) is 0 Å². The molecule has 1 saturated heterocycles. The fourth-order valence-electron chi connectivity index (χ4n) is 3.10. The molecular weight excluding hydrogens is 344 g/mol. The Labute approximate surface area is 160 Å². The fourth-order valence-corrected chi connectivity index (χ4v) is 3.10. The molecule has 1 aliphatic rings. The molecule has 1 fully saturated rings. The van der Waals surface area contributed by atoms with Crippen LogP contribution in [0.15, 0.2) is 22.6 Å². The summed E-state index contributed by atoms with van der Waals surface area (Å²) in [5, 5.41) is 2.95. The zero-order chi connectivity index (χ0) is 19.6. The fraction of sp³-hybridized carbons (Fsp3) is 0.619. The van der Waals surface area contributed by atoms with Crippen LogP contribution in [0.2, 0.25) is 0 Å². The highest BCUT2D eigenvalue weighted by molar-refractivity contribution is 5.95. The molecule has 27 heavy (non-hydrogen) atoms. The van der Waals surface area contributed by atoms with E-state index in [1.165, 1.54) is 0 Å². The Kier molecular flexibility index (Phi) is 5.86. The molecule has 0 spiro atoms. The van der Waals surface area contributed by atoms with Gasteiger partial charge in [-0.25, -0.2) is 4.98 Å². The van der Waals surface area contributed by atoms with Gasteiger partial charge in [0.05, 0.1) is 12.7 Å². The number of benzene rings is 1. The molecule has 148 valence electrons. The number of hydrogen-bond acceptors (Lipinski definition) is 5. The van der Waals surface area contributed by atoms with E-state index in [2.05, 4.69) is 31.1 Å². The summed E-state index contributed by atoms with van der Waals surface area (Å²) in [4.78, 5) is 17.3. The number of amides is 1. The average molecular weight is 374 g/mol. The minimum atomic E-state index is -0.521. The van der Waals surface area contributed by atoms with Crippen LogP contribution in [0.3, 0.4) is 0 Å². The number of carbonyl (C=O) groups is 1. The van der Waals surface area contributed by atoms with Crippen molar-refractivity contribution in [3.63, 3.8) is 0 Å². The number of ether oxygens (including phenoxy) is 2. The number of nitrogens with zero attached hydrogens (tertiary/aromatic N) is 1. The van der Waals surface area contributed by atoms with E-state index in [4.69, 9.17) is 13.9 Å². The summed E-state index contributed by atoms with van der Waals surface area (Å²) in [5.74, 6) is 0.595. The van der Waals surface area contributed by atoms with Crippen molar-refractivity contribution in [2.45, 2.75) is 65.1 Å². The summed E-state index contributed by atoms with van der Waals surface area (Å²) in [7, 11) is 0. The highest BCUT2D eigenvalue weighted by Crippen LogP contribution is 2.27. The SMILES string of the molecule is CC(C)[C@@H](OC[C@H]1CCCO1)C(=O)Nc1ccc2oc(C(C)(C)C)nc2c1. The molecule has 2 aromatic rings. The average Bonchev–Trinajstić information content (AvgIpc) is 3.22. The number of anilines is 1. The molecule has 1 amide bonds. The van der Waals surface area contributed by atoms with Crippen molar-refractivity contribution in [1.82, 2.24) is 4.98 Å². The zero-order valence-corrected chi connectivity index (χ0v) is 16.9. The maximum atomic E-state index is 12.7. The van der Waals surface area contributed by atoms with Gasteiger partial charge in [0, 0.05) is 17.7 Å². The lowest BCUT2D eigenvalue weighted by atomic mass is 9.97. The van der Waals surface area contributed by atoms with Crippen molar-refractivity contribution in [3.05, 3.63) is 24.1 Å². The minimum absolute atomic E-state index is 0.0645. The van der Waals surface area contributed by atoms with Gasteiger partial charge >= 0.3 is 0 Å². The van der Waals surface area contributed by atoms with Gasteiger partial charge in [-0.05, 0) is 37.0 Å². The van der Waals surface area contributed by atoms with Gasteiger partial charge in [-0.3, -0.25) is 4.79 Å². The molecule has 6 heteroatoms. The summed E-state index contributed by atoms with van der Waals surface area (Å²) >= 11 is 0. The largest absolute Gasteiger partial charge is 0.440 e. The van der Waals surface area contributed by atoms with Crippen LogP contribution in [0.1, 0.15) is 53.4 Å². The lowest BCUT2D eigenvalue weighted by Gasteiger charge is -2.22. The second-order valence-corrected chi connectivity index (χ2v) is 8.57. The van der Waals surface area contributed by atoms with Crippen LogP contribution in [0, 0.1) is 5.92 Å². The second-order valence-electron chi connectivity index (χ2n) is 8.57. The molecular formula is C21H30N2O4. The summed E-state index contributed by atoms with van der Waals surface area (Å²) in [6, 6.07) is 5.50. The van der Waals surface area contributed by atoms with Crippen molar-refractivity contribution in [2.24, 2.45) is 5.92 Å². The van der Waals surface area contributed by atoms with Gasteiger partial charge in [0.2, 0.25) is 5.89 Å². The molecule has 0 unspecified atom stereocenters. The standard InChI is InChI=1S/C21H30N2O4/c1-13(2)18(26-12-15-7-6-10-25-15)19(24)22-14-8-9-17-16(11-14)23-20(27-17)21(3,4)5/h8-9,11,13,15,18H,6-7,10,12H2,1-5H3,(H,22,24)/t15-,18-/m1/s1. The van der Waals surface area contributed by atoms with Crippen molar-refractivity contribution >= 4 is 22.7 Å². The Hall–Kier alpha value is -1.92. The van der Waals surface area contributed by atoms with Crippen molar-refractivity contribution in [3.8, 4) is 0 Å². The van der Waals surface area contributed by atoms with Crippen molar-refractivity contribution in [2.75, 3.05) is 18.5 Å². The first kappa shape index (κ1) is 19.8.